The maximum atomic E-state index is 10.6. The van der Waals surface area contributed by atoms with E-state index in [1.807, 2.05) is 13.0 Å². The molecule has 1 rings (SSSR count). The molecule has 1 aromatic rings. The molecular formula is C15H19IO4. The molecule has 0 saturated carbocycles. The van der Waals surface area contributed by atoms with Crippen molar-refractivity contribution in [2.45, 2.75) is 26.7 Å². The molecule has 0 aliphatic carbocycles. The molecule has 20 heavy (non-hydrogen) atoms. The summed E-state index contributed by atoms with van der Waals surface area (Å²) in [5.41, 5.74) is 0.781. The molecule has 0 radical (unpaired) electrons. The quantitative estimate of drug-likeness (QED) is 0.415. The molecule has 1 N–H and O–H groups in total. The average Bonchev–Trinajstić information content (AvgIpc) is 2.39. The predicted molar refractivity (Wildman–Crippen MR) is 87.4 cm³/mol. The summed E-state index contributed by atoms with van der Waals surface area (Å²) < 4.78 is 12.3. The summed E-state index contributed by atoms with van der Waals surface area (Å²) in [7, 11) is 0. The summed E-state index contributed by atoms with van der Waals surface area (Å²) in [6, 6.07) is 3.68. The zero-order valence-electron chi connectivity index (χ0n) is 11.7. The lowest BCUT2D eigenvalue weighted by molar-refractivity contribution is -0.131. The zero-order chi connectivity index (χ0) is 15.0. The van der Waals surface area contributed by atoms with Crippen LogP contribution in [0.25, 0.3) is 6.08 Å². The maximum Gasteiger partial charge on any atom is 0.328 e. The minimum Gasteiger partial charge on any atom is -0.490 e. The molecule has 0 aromatic heterocycles. The van der Waals surface area contributed by atoms with Crippen LogP contribution in [0.1, 0.15) is 32.3 Å². The van der Waals surface area contributed by atoms with Gasteiger partial charge in [-0.15, -0.1) is 0 Å². The van der Waals surface area contributed by atoms with E-state index in [9.17, 15) is 4.79 Å². The van der Waals surface area contributed by atoms with Crippen molar-refractivity contribution in [1.29, 1.82) is 0 Å². The zero-order valence-corrected chi connectivity index (χ0v) is 13.8. The Kier molecular flexibility index (Phi) is 7.43. The fourth-order valence-corrected chi connectivity index (χ4v) is 2.35. The average molecular weight is 390 g/mol. The minimum atomic E-state index is -0.971. The molecule has 0 amide bonds. The summed E-state index contributed by atoms with van der Waals surface area (Å²) in [5.74, 6) is 0.412. The molecule has 0 unspecified atom stereocenters. The van der Waals surface area contributed by atoms with Crippen molar-refractivity contribution < 1.29 is 19.4 Å². The Morgan fingerprint density at radius 3 is 2.70 bits per heavy atom. The molecule has 1 aromatic carbocycles. The van der Waals surface area contributed by atoms with Gasteiger partial charge < -0.3 is 14.6 Å². The van der Waals surface area contributed by atoms with Crippen LogP contribution >= 0.6 is 22.6 Å². The molecule has 5 heteroatoms. The van der Waals surface area contributed by atoms with E-state index in [-0.39, 0.29) is 0 Å². The molecule has 0 spiro atoms. The number of carboxylic acid groups (broad SMARTS) is 1. The molecule has 0 atom stereocenters. The van der Waals surface area contributed by atoms with Gasteiger partial charge in [-0.25, -0.2) is 4.79 Å². The van der Waals surface area contributed by atoms with E-state index in [2.05, 4.69) is 29.5 Å². The van der Waals surface area contributed by atoms with Crippen molar-refractivity contribution in [2.75, 3.05) is 13.2 Å². The second-order valence-electron chi connectivity index (χ2n) is 4.14. The van der Waals surface area contributed by atoms with Crippen LogP contribution in [0.3, 0.4) is 0 Å². The molecule has 0 bridgehead atoms. The summed E-state index contributed by atoms with van der Waals surface area (Å²) in [5, 5.41) is 8.67. The summed E-state index contributed by atoms with van der Waals surface area (Å²) in [6.07, 6.45) is 4.71. The van der Waals surface area contributed by atoms with E-state index in [1.165, 1.54) is 0 Å². The van der Waals surface area contributed by atoms with Gasteiger partial charge in [0.1, 0.15) is 0 Å². The lowest BCUT2D eigenvalue weighted by atomic mass is 10.2. The topological polar surface area (TPSA) is 55.8 Å². The monoisotopic (exact) mass is 390 g/mol. The fraction of sp³-hybridized carbons (Fsp3) is 0.400. The highest BCUT2D eigenvalue weighted by atomic mass is 127. The largest absolute Gasteiger partial charge is 0.490 e. The highest BCUT2D eigenvalue weighted by molar-refractivity contribution is 14.1. The SMILES string of the molecule is CCCCOc1c(I)cc(/C=C/C(=O)O)cc1OCC. The Morgan fingerprint density at radius 1 is 1.35 bits per heavy atom. The molecular weight excluding hydrogens is 371 g/mol. The van der Waals surface area contributed by atoms with Crippen LogP contribution in [-0.2, 0) is 4.79 Å². The van der Waals surface area contributed by atoms with Gasteiger partial charge in [0, 0.05) is 6.08 Å². The molecule has 110 valence electrons. The number of rotatable bonds is 8. The van der Waals surface area contributed by atoms with Gasteiger partial charge in [0.15, 0.2) is 11.5 Å². The van der Waals surface area contributed by atoms with E-state index >= 15 is 0 Å². The fourth-order valence-electron chi connectivity index (χ4n) is 1.57. The lowest BCUT2D eigenvalue weighted by Crippen LogP contribution is -2.03. The van der Waals surface area contributed by atoms with Crippen molar-refractivity contribution in [3.8, 4) is 11.5 Å². The second kappa shape index (κ2) is 8.84. The number of aliphatic carboxylic acids is 1. The standard InChI is InChI=1S/C15H19IO4/c1-3-5-8-20-15-12(16)9-11(6-7-14(17)18)10-13(15)19-4-2/h6-7,9-10H,3-5,8H2,1-2H3,(H,17,18)/b7-6+. The first kappa shape index (κ1) is 16.8. The first-order valence-electron chi connectivity index (χ1n) is 6.58. The molecule has 0 aliphatic heterocycles. The smallest absolute Gasteiger partial charge is 0.328 e. The maximum absolute atomic E-state index is 10.6. The number of hydrogen-bond donors (Lipinski definition) is 1. The summed E-state index contributed by atoms with van der Waals surface area (Å²) in [6.45, 7) is 5.20. The van der Waals surface area contributed by atoms with E-state index in [0.29, 0.717) is 19.0 Å². The normalized spacial score (nSPS) is 10.8. The van der Waals surface area contributed by atoms with Gasteiger partial charge in [-0.3, -0.25) is 0 Å². The lowest BCUT2D eigenvalue weighted by Gasteiger charge is -2.14. The van der Waals surface area contributed by atoms with E-state index in [4.69, 9.17) is 14.6 Å². The first-order chi connectivity index (χ1) is 9.58. The summed E-state index contributed by atoms with van der Waals surface area (Å²) in [4.78, 5) is 10.6. The number of carboxylic acids is 1. The number of hydrogen-bond acceptors (Lipinski definition) is 3. The van der Waals surface area contributed by atoms with Gasteiger partial charge in [0.05, 0.1) is 16.8 Å². The summed E-state index contributed by atoms with van der Waals surface area (Å²) >= 11 is 2.17. The van der Waals surface area contributed by atoms with Gasteiger partial charge in [0.25, 0.3) is 0 Å². The van der Waals surface area contributed by atoms with Crippen LogP contribution in [-0.4, -0.2) is 24.3 Å². The predicted octanol–water partition coefficient (Wildman–Crippen LogP) is 3.97. The van der Waals surface area contributed by atoms with E-state index in [0.717, 1.165) is 33.8 Å². The van der Waals surface area contributed by atoms with E-state index < -0.39 is 5.97 Å². The van der Waals surface area contributed by atoms with Gasteiger partial charge in [0.2, 0.25) is 0 Å². The van der Waals surface area contributed by atoms with Crippen molar-refractivity contribution in [3.05, 3.63) is 27.3 Å². The Hall–Kier alpha value is -1.24. The van der Waals surface area contributed by atoms with Crippen LogP contribution < -0.4 is 9.47 Å². The molecule has 4 nitrogen and oxygen atoms in total. The molecule has 0 heterocycles. The highest BCUT2D eigenvalue weighted by Crippen LogP contribution is 2.34. The van der Waals surface area contributed by atoms with Crippen molar-refractivity contribution in [2.24, 2.45) is 0 Å². The Morgan fingerprint density at radius 2 is 2.10 bits per heavy atom. The number of carbonyl (C=O) groups is 1. The minimum absolute atomic E-state index is 0.534. The highest BCUT2D eigenvalue weighted by Gasteiger charge is 2.11. The molecule has 0 fully saturated rings. The second-order valence-corrected chi connectivity index (χ2v) is 5.30. The van der Waals surface area contributed by atoms with Gasteiger partial charge >= 0.3 is 5.97 Å². The Labute approximate surface area is 132 Å². The van der Waals surface area contributed by atoms with Crippen molar-refractivity contribution >= 4 is 34.6 Å². The van der Waals surface area contributed by atoms with Crippen LogP contribution in [0.2, 0.25) is 0 Å². The van der Waals surface area contributed by atoms with Crippen molar-refractivity contribution in [3.63, 3.8) is 0 Å². The third-order valence-electron chi connectivity index (χ3n) is 2.49. The van der Waals surface area contributed by atoms with E-state index in [1.54, 1.807) is 12.1 Å². The van der Waals surface area contributed by atoms with Crippen LogP contribution in [0.15, 0.2) is 18.2 Å². The molecule has 0 saturated heterocycles. The van der Waals surface area contributed by atoms with Crippen LogP contribution in [0, 0.1) is 3.57 Å². The third-order valence-corrected chi connectivity index (χ3v) is 3.30. The van der Waals surface area contributed by atoms with Gasteiger partial charge in [-0.05, 0) is 59.7 Å². The Bertz CT molecular complexity index is 483. The number of ether oxygens (including phenoxy) is 2. The Balaban J connectivity index is 3.01. The molecule has 0 aliphatic rings. The van der Waals surface area contributed by atoms with Crippen LogP contribution in [0.5, 0.6) is 11.5 Å². The van der Waals surface area contributed by atoms with Gasteiger partial charge in [-0.1, -0.05) is 13.3 Å². The van der Waals surface area contributed by atoms with Crippen LogP contribution in [0.4, 0.5) is 0 Å². The third kappa shape index (κ3) is 5.40. The number of unbranched alkanes of at least 4 members (excludes halogenated alkanes) is 1. The number of benzene rings is 1. The van der Waals surface area contributed by atoms with Crippen molar-refractivity contribution in [1.82, 2.24) is 0 Å². The number of halogens is 1. The van der Waals surface area contributed by atoms with Gasteiger partial charge in [-0.2, -0.15) is 0 Å². The first-order valence-corrected chi connectivity index (χ1v) is 7.66.